The van der Waals surface area contributed by atoms with Gasteiger partial charge < -0.3 is 19.7 Å². The highest BCUT2D eigenvalue weighted by Gasteiger charge is 2.26. The summed E-state index contributed by atoms with van der Waals surface area (Å²) in [5.74, 6) is -0.363. The Hall–Kier alpha value is -3.62. The van der Waals surface area contributed by atoms with Crippen molar-refractivity contribution in [2.45, 2.75) is 6.54 Å². The van der Waals surface area contributed by atoms with E-state index in [4.69, 9.17) is 9.47 Å². The molecule has 0 unspecified atom stereocenters. The second kappa shape index (κ2) is 8.85. The Kier molecular flexibility index (Phi) is 6.54. The number of methoxy groups -OCH3 is 2. The van der Waals surface area contributed by atoms with E-state index in [9.17, 15) is 19.7 Å². The summed E-state index contributed by atoms with van der Waals surface area (Å²) >= 11 is 0. The lowest BCUT2D eigenvalue weighted by Gasteiger charge is -2.18. The van der Waals surface area contributed by atoms with Crippen LogP contribution < -0.4 is 14.8 Å². The van der Waals surface area contributed by atoms with Crippen molar-refractivity contribution in [3.63, 3.8) is 0 Å². The topological polar surface area (TPSA) is 111 Å². The van der Waals surface area contributed by atoms with E-state index in [0.717, 1.165) is 11.6 Å². The van der Waals surface area contributed by atoms with E-state index >= 15 is 0 Å². The summed E-state index contributed by atoms with van der Waals surface area (Å²) < 4.78 is 10.2. The van der Waals surface area contributed by atoms with Gasteiger partial charge in [-0.1, -0.05) is 12.1 Å². The molecular formula is C19H21N3O6. The Morgan fingerprint density at radius 1 is 1.11 bits per heavy atom. The molecule has 2 aromatic rings. The van der Waals surface area contributed by atoms with Gasteiger partial charge in [0, 0.05) is 32.3 Å². The third-order valence-corrected chi connectivity index (χ3v) is 4.14. The first-order chi connectivity index (χ1) is 13.3. The van der Waals surface area contributed by atoms with Gasteiger partial charge in [-0.25, -0.2) is 0 Å². The molecule has 0 aromatic heterocycles. The predicted molar refractivity (Wildman–Crippen MR) is 102 cm³/mol. The fourth-order valence-electron chi connectivity index (χ4n) is 2.65. The number of amides is 2. The van der Waals surface area contributed by atoms with E-state index in [1.165, 1.54) is 32.2 Å². The molecule has 1 N–H and O–H groups in total. The summed E-state index contributed by atoms with van der Waals surface area (Å²) in [7, 11) is 5.82. The number of nitrogens with zero attached hydrogens (tertiary/aromatic N) is 2. The summed E-state index contributed by atoms with van der Waals surface area (Å²) in [6.45, 7) is 0.207. The molecule has 0 saturated heterocycles. The second-order valence-corrected chi connectivity index (χ2v) is 5.92. The maximum atomic E-state index is 12.8. The van der Waals surface area contributed by atoms with Crippen molar-refractivity contribution in [3.8, 4) is 11.5 Å². The van der Waals surface area contributed by atoms with Crippen molar-refractivity contribution >= 4 is 17.5 Å². The maximum Gasteiger partial charge on any atom is 0.286 e. The molecule has 0 fully saturated rings. The SMILES string of the molecule is CNC(=O)c1ccc(CN(C)C(=O)c2cc(OC)c(OC)cc2[N+](=O)[O-])cc1. The lowest BCUT2D eigenvalue weighted by atomic mass is 10.1. The standard InChI is InChI=1S/C19H21N3O6/c1-20-18(23)13-7-5-12(6-8-13)11-21(2)19(24)14-9-16(27-3)17(28-4)10-15(14)22(25)26/h5-10H,11H2,1-4H3,(H,20,23). The fraction of sp³-hybridized carbons (Fsp3) is 0.263. The second-order valence-electron chi connectivity index (χ2n) is 5.92. The van der Waals surface area contributed by atoms with Crippen LogP contribution >= 0.6 is 0 Å². The average Bonchev–Trinajstić information content (AvgIpc) is 2.71. The zero-order valence-electron chi connectivity index (χ0n) is 16.0. The highest BCUT2D eigenvalue weighted by Crippen LogP contribution is 2.35. The average molecular weight is 387 g/mol. The van der Waals surface area contributed by atoms with Crippen LogP contribution in [0.5, 0.6) is 11.5 Å². The van der Waals surface area contributed by atoms with Crippen molar-refractivity contribution in [2.75, 3.05) is 28.3 Å². The first-order valence-electron chi connectivity index (χ1n) is 8.29. The lowest BCUT2D eigenvalue weighted by Crippen LogP contribution is -2.27. The first-order valence-corrected chi connectivity index (χ1v) is 8.29. The molecule has 2 amide bonds. The molecular weight excluding hydrogens is 366 g/mol. The number of ether oxygens (including phenoxy) is 2. The van der Waals surface area contributed by atoms with Gasteiger partial charge in [0.1, 0.15) is 5.56 Å². The van der Waals surface area contributed by atoms with Crippen LogP contribution in [0.3, 0.4) is 0 Å². The predicted octanol–water partition coefficient (Wildman–Crippen LogP) is 2.24. The summed E-state index contributed by atoms with van der Waals surface area (Å²) in [6.07, 6.45) is 0. The van der Waals surface area contributed by atoms with Crippen molar-refractivity contribution in [1.29, 1.82) is 0 Å². The number of rotatable bonds is 7. The number of hydrogen-bond acceptors (Lipinski definition) is 6. The molecule has 9 nitrogen and oxygen atoms in total. The van der Waals surface area contributed by atoms with Gasteiger partial charge in [-0.15, -0.1) is 0 Å². The molecule has 0 aliphatic carbocycles. The fourth-order valence-corrected chi connectivity index (χ4v) is 2.65. The van der Waals surface area contributed by atoms with E-state index < -0.39 is 10.8 Å². The van der Waals surface area contributed by atoms with E-state index in [0.29, 0.717) is 5.56 Å². The van der Waals surface area contributed by atoms with E-state index in [2.05, 4.69) is 5.32 Å². The van der Waals surface area contributed by atoms with Gasteiger partial charge in [-0.3, -0.25) is 19.7 Å². The molecule has 28 heavy (non-hydrogen) atoms. The summed E-state index contributed by atoms with van der Waals surface area (Å²) in [6, 6.07) is 9.19. The number of carbonyl (C=O) groups is 2. The Bertz CT molecular complexity index is 895. The monoisotopic (exact) mass is 387 g/mol. The molecule has 0 spiro atoms. The van der Waals surface area contributed by atoms with Gasteiger partial charge >= 0.3 is 0 Å². The Morgan fingerprint density at radius 3 is 2.18 bits per heavy atom. The largest absolute Gasteiger partial charge is 0.493 e. The quantitative estimate of drug-likeness (QED) is 0.576. The Balaban J connectivity index is 2.29. The molecule has 0 aliphatic heterocycles. The Labute approximate surface area is 162 Å². The van der Waals surface area contributed by atoms with Gasteiger partial charge in [0.15, 0.2) is 11.5 Å². The van der Waals surface area contributed by atoms with Crippen LogP contribution in [0.15, 0.2) is 36.4 Å². The van der Waals surface area contributed by atoms with Gasteiger partial charge in [0.25, 0.3) is 17.5 Å². The third-order valence-electron chi connectivity index (χ3n) is 4.14. The van der Waals surface area contributed by atoms with Gasteiger partial charge in [0.05, 0.1) is 25.2 Å². The molecule has 0 bridgehead atoms. The molecule has 0 atom stereocenters. The minimum Gasteiger partial charge on any atom is -0.493 e. The molecule has 0 aliphatic rings. The highest BCUT2D eigenvalue weighted by atomic mass is 16.6. The first kappa shape index (κ1) is 20.7. The van der Waals surface area contributed by atoms with E-state index in [-0.39, 0.29) is 35.2 Å². The molecule has 9 heteroatoms. The summed E-state index contributed by atoms with van der Waals surface area (Å²) in [5, 5.41) is 13.9. The number of nitro benzene ring substituents is 1. The number of hydrogen-bond donors (Lipinski definition) is 1. The van der Waals surface area contributed by atoms with Crippen molar-refractivity contribution < 1.29 is 24.0 Å². The van der Waals surface area contributed by atoms with Gasteiger partial charge in [-0.2, -0.15) is 0 Å². The number of carbonyl (C=O) groups excluding carboxylic acids is 2. The third kappa shape index (κ3) is 4.37. The van der Waals surface area contributed by atoms with Crippen LogP contribution in [0.4, 0.5) is 5.69 Å². The van der Waals surface area contributed by atoms with Crippen LogP contribution in [0, 0.1) is 10.1 Å². The summed E-state index contributed by atoms with van der Waals surface area (Å²) in [5.41, 5.74) is 0.791. The Morgan fingerprint density at radius 2 is 1.68 bits per heavy atom. The molecule has 2 rings (SSSR count). The molecule has 2 aromatic carbocycles. The van der Waals surface area contributed by atoms with Crippen molar-refractivity contribution in [2.24, 2.45) is 0 Å². The maximum absolute atomic E-state index is 12.8. The zero-order chi connectivity index (χ0) is 20.8. The van der Waals surface area contributed by atoms with Gasteiger partial charge in [0.2, 0.25) is 0 Å². The number of nitro groups is 1. The molecule has 0 radical (unpaired) electrons. The van der Waals surface area contributed by atoms with Crippen LogP contribution in [-0.2, 0) is 6.54 Å². The normalized spacial score (nSPS) is 10.1. The molecule has 0 heterocycles. The van der Waals surface area contributed by atoms with Crippen LogP contribution in [0.2, 0.25) is 0 Å². The molecule has 0 saturated carbocycles. The van der Waals surface area contributed by atoms with Crippen LogP contribution in [0.25, 0.3) is 0 Å². The van der Waals surface area contributed by atoms with Crippen molar-refractivity contribution in [1.82, 2.24) is 10.2 Å². The number of benzene rings is 2. The van der Waals surface area contributed by atoms with Gasteiger partial charge in [-0.05, 0) is 17.7 Å². The smallest absolute Gasteiger partial charge is 0.286 e. The van der Waals surface area contributed by atoms with E-state index in [1.54, 1.807) is 31.3 Å². The van der Waals surface area contributed by atoms with Crippen molar-refractivity contribution in [3.05, 3.63) is 63.2 Å². The minimum absolute atomic E-state index is 0.105. The van der Waals surface area contributed by atoms with Crippen LogP contribution in [-0.4, -0.2) is 50.0 Å². The number of nitrogens with one attached hydrogen (secondary N) is 1. The molecule has 148 valence electrons. The minimum atomic E-state index is -0.638. The van der Waals surface area contributed by atoms with Crippen LogP contribution in [0.1, 0.15) is 26.3 Å². The highest BCUT2D eigenvalue weighted by molar-refractivity contribution is 5.99. The lowest BCUT2D eigenvalue weighted by molar-refractivity contribution is -0.385. The zero-order valence-corrected chi connectivity index (χ0v) is 16.0. The van der Waals surface area contributed by atoms with E-state index in [1.807, 2.05) is 0 Å². The summed E-state index contributed by atoms with van der Waals surface area (Å²) in [4.78, 5) is 36.5.